The maximum atomic E-state index is 5.13. The number of nitrogens with zero attached hydrogens (tertiary/aromatic N) is 1. The molecule has 0 spiro atoms. The molecule has 1 rings (SSSR count). The zero-order chi connectivity index (χ0) is 5.11. The summed E-state index contributed by atoms with van der Waals surface area (Å²) in [5.41, 5.74) is 0. The summed E-state index contributed by atoms with van der Waals surface area (Å²) in [5.74, 6) is 0. The summed E-state index contributed by atoms with van der Waals surface area (Å²) >= 11 is 0. The van der Waals surface area contributed by atoms with Gasteiger partial charge in [0.25, 0.3) is 0 Å². The molecule has 0 aromatic carbocycles. The van der Waals surface area contributed by atoms with Crippen molar-refractivity contribution in [1.82, 2.24) is 4.57 Å². The minimum atomic E-state index is 1.50. The Labute approximate surface area is 42.9 Å². The van der Waals surface area contributed by atoms with Crippen molar-refractivity contribution < 1.29 is 0 Å². The lowest BCUT2D eigenvalue weighted by Crippen LogP contribution is -1.72. The lowest BCUT2D eigenvalue weighted by atomic mass is 10.7. The summed E-state index contributed by atoms with van der Waals surface area (Å²) in [5, 5.41) is 0. The van der Waals surface area contributed by atoms with Crippen molar-refractivity contribution in [1.29, 1.82) is 0 Å². The van der Waals surface area contributed by atoms with Crippen LogP contribution < -0.4 is 0 Å². The van der Waals surface area contributed by atoms with Gasteiger partial charge in [-0.25, -0.2) is 0 Å². The van der Waals surface area contributed by atoms with Crippen molar-refractivity contribution in [3.63, 3.8) is 0 Å². The molecule has 0 bridgehead atoms. The molecule has 0 fully saturated rings. The van der Waals surface area contributed by atoms with Gasteiger partial charge < -0.3 is 4.57 Å². The van der Waals surface area contributed by atoms with E-state index in [2.05, 4.69) is 0 Å². The minimum Gasteiger partial charge on any atom is -0.331 e. The summed E-state index contributed by atoms with van der Waals surface area (Å²) in [6.45, 7) is 5.13. The maximum absolute atomic E-state index is 5.13. The van der Waals surface area contributed by atoms with Crippen LogP contribution >= 0.6 is 0 Å². The Balaban J connectivity index is 2.96. The molecular weight excluding hydrogens is 86.1 g/mol. The third-order valence-electron chi connectivity index (χ3n) is 0.800. The van der Waals surface area contributed by atoms with E-state index in [1.165, 1.54) is 6.20 Å². The van der Waals surface area contributed by atoms with Gasteiger partial charge in [-0.05, 0) is 18.7 Å². The Hall–Kier alpha value is -0.980. The summed E-state index contributed by atoms with van der Waals surface area (Å²) in [6, 6.07) is 3.84. The molecule has 0 aliphatic heterocycles. The average molecular weight is 92.1 g/mol. The lowest BCUT2D eigenvalue weighted by molar-refractivity contribution is 1.17. The largest absolute Gasteiger partial charge is 0.331 e. The maximum Gasteiger partial charge on any atom is 0.00824 e. The number of rotatable bonds is 1. The Morgan fingerprint density at radius 1 is 1.29 bits per heavy atom. The van der Waals surface area contributed by atoms with E-state index < -0.39 is 0 Å². The Morgan fingerprint density at radius 3 is 2.14 bits per heavy atom. The summed E-state index contributed by atoms with van der Waals surface area (Å²) in [4.78, 5) is 0. The monoisotopic (exact) mass is 92.1 g/mol. The lowest BCUT2D eigenvalue weighted by Gasteiger charge is -1.82. The smallest absolute Gasteiger partial charge is 0.00824 e. The fourth-order valence-electron chi connectivity index (χ4n) is 0.447. The molecule has 0 saturated heterocycles. The minimum absolute atomic E-state index is 1.50. The average Bonchev–Trinajstić information content (AvgIpc) is 2.14. The third-order valence-corrected chi connectivity index (χ3v) is 0.800. The van der Waals surface area contributed by atoms with E-state index in [-0.39, 0.29) is 0 Å². The van der Waals surface area contributed by atoms with Gasteiger partial charge in [-0.3, -0.25) is 0 Å². The Kier molecular flexibility index (Phi) is 0.984. The van der Waals surface area contributed by atoms with Crippen LogP contribution in [0.5, 0.6) is 0 Å². The van der Waals surface area contributed by atoms with Gasteiger partial charge in [-0.15, -0.1) is 0 Å². The van der Waals surface area contributed by atoms with E-state index in [4.69, 9.17) is 6.58 Å². The highest BCUT2D eigenvalue weighted by Crippen LogP contribution is 1.86. The van der Waals surface area contributed by atoms with Gasteiger partial charge in [-0.2, -0.15) is 0 Å². The van der Waals surface area contributed by atoms with Crippen molar-refractivity contribution >= 4 is 6.20 Å². The number of hydrogen-bond donors (Lipinski definition) is 0. The fourth-order valence-corrected chi connectivity index (χ4v) is 0.447. The normalized spacial score (nSPS) is 8.57. The first-order valence-corrected chi connectivity index (χ1v) is 2.11. The van der Waals surface area contributed by atoms with E-state index in [0.29, 0.717) is 0 Å². The fraction of sp³-hybridized carbons (Fsp3) is 0. The standard InChI is InChI=1S/C6H6N/c1-2-7-5-3-4-6-7/h1-6H. The predicted molar refractivity (Wildman–Crippen MR) is 29.5 cm³/mol. The van der Waals surface area contributed by atoms with Crippen LogP contribution in [-0.4, -0.2) is 4.57 Å². The van der Waals surface area contributed by atoms with Crippen molar-refractivity contribution in [3.05, 3.63) is 31.1 Å². The molecule has 7 heavy (non-hydrogen) atoms. The van der Waals surface area contributed by atoms with Gasteiger partial charge in [0.2, 0.25) is 0 Å². The Morgan fingerprint density at radius 2 is 1.86 bits per heavy atom. The zero-order valence-electron chi connectivity index (χ0n) is 3.91. The molecule has 0 N–H and O–H groups in total. The van der Waals surface area contributed by atoms with E-state index in [0.717, 1.165) is 0 Å². The first-order valence-electron chi connectivity index (χ1n) is 2.11. The third kappa shape index (κ3) is 0.712. The van der Waals surface area contributed by atoms with Crippen LogP contribution in [0.4, 0.5) is 0 Å². The molecule has 1 heterocycles. The molecule has 35 valence electrons. The van der Waals surface area contributed by atoms with Crippen LogP contribution in [0.2, 0.25) is 0 Å². The molecule has 1 radical (unpaired) electrons. The molecule has 0 aliphatic carbocycles. The highest BCUT2D eigenvalue weighted by molar-refractivity contribution is 5.15. The van der Waals surface area contributed by atoms with Gasteiger partial charge >= 0.3 is 0 Å². The number of aromatic nitrogens is 1. The second-order valence-electron chi connectivity index (χ2n) is 1.28. The van der Waals surface area contributed by atoms with Crippen molar-refractivity contribution in [2.45, 2.75) is 0 Å². The SMILES string of the molecule is [CH]=Cn1cccc1. The topological polar surface area (TPSA) is 4.93 Å². The van der Waals surface area contributed by atoms with Crippen LogP contribution in [-0.2, 0) is 0 Å². The highest BCUT2D eigenvalue weighted by Gasteiger charge is 1.72. The van der Waals surface area contributed by atoms with E-state index >= 15 is 0 Å². The first kappa shape index (κ1) is 4.19. The van der Waals surface area contributed by atoms with Gasteiger partial charge in [0, 0.05) is 18.6 Å². The Bertz CT molecular complexity index is 139. The summed E-state index contributed by atoms with van der Waals surface area (Å²) in [7, 11) is 0. The first-order chi connectivity index (χ1) is 3.43. The van der Waals surface area contributed by atoms with Crippen molar-refractivity contribution in [2.75, 3.05) is 0 Å². The molecule has 1 heteroatoms. The second-order valence-corrected chi connectivity index (χ2v) is 1.28. The summed E-state index contributed by atoms with van der Waals surface area (Å²) in [6.07, 6.45) is 5.25. The van der Waals surface area contributed by atoms with E-state index in [9.17, 15) is 0 Å². The highest BCUT2D eigenvalue weighted by atomic mass is 14.9. The van der Waals surface area contributed by atoms with Crippen LogP contribution in [0.25, 0.3) is 6.20 Å². The van der Waals surface area contributed by atoms with Crippen LogP contribution in [0.3, 0.4) is 0 Å². The molecule has 0 unspecified atom stereocenters. The predicted octanol–water partition coefficient (Wildman–Crippen LogP) is 1.39. The summed E-state index contributed by atoms with van der Waals surface area (Å²) < 4.78 is 1.78. The quantitative estimate of drug-likeness (QED) is 0.493. The van der Waals surface area contributed by atoms with Gasteiger partial charge in [-0.1, -0.05) is 0 Å². The van der Waals surface area contributed by atoms with E-state index in [1.54, 1.807) is 4.57 Å². The molecular formula is C6H6N. The molecule has 0 amide bonds. The number of hydrogen-bond acceptors (Lipinski definition) is 0. The van der Waals surface area contributed by atoms with Crippen LogP contribution in [0.15, 0.2) is 24.5 Å². The molecule has 1 aromatic heterocycles. The van der Waals surface area contributed by atoms with Crippen molar-refractivity contribution in [2.24, 2.45) is 0 Å². The zero-order valence-corrected chi connectivity index (χ0v) is 3.91. The molecule has 0 aliphatic rings. The molecule has 0 atom stereocenters. The van der Waals surface area contributed by atoms with E-state index in [1.807, 2.05) is 24.5 Å². The van der Waals surface area contributed by atoms with Crippen molar-refractivity contribution in [3.8, 4) is 0 Å². The van der Waals surface area contributed by atoms with Gasteiger partial charge in [0.05, 0.1) is 0 Å². The van der Waals surface area contributed by atoms with Gasteiger partial charge in [0.1, 0.15) is 0 Å². The second kappa shape index (κ2) is 1.65. The van der Waals surface area contributed by atoms with Crippen LogP contribution in [0, 0.1) is 6.58 Å². The molecule has 1 aromatic rings. The van der Waals surface area contributed by atoms with Crippen LogP contribution in [0.1, 0.15) is 0 Å². The van der Waals surface area contributed by atoms with Gasteiger partial charge in [0.15, 0.2) is 0 Å². The molecule has 0 saturated carbocycles. The molecule has 1 nitrogen and oxygen atoms in total.